The highest BCUT2D eigenvalue weighted by atomic mass is 16.5. The van der Waals surface area contributed by atoms with Gasteiger partial charge >= 0.3 is 0 Å². The summed E-state index contributed by atoms with van der Waals surface area (Å²) in [5.74, 6) is 0.609. The van der Waals surface area contributed by atoms with Crippen LogP contribution in [0.1, 0.15) is 36.7 Å². The number of hydrogen-bond donors (Lipinski definition) is 2. The van der Waals surface area contributed by atoms with Gasteiger partial charge in [0.2, 0.25) is 0 Å². The van der Waals surface area contributed by atoms with Crippen LogP contribution in [0.25, 0.3) is 16.7 Å². The van der Waals surface area contributed by atoms with Crippen molar-refractivity contribution in [3.05, 3.63) is 58.5 Å². The Morgan fingerprint density at radius 3 is 2.63 bits per heavy atom. The molecule has 7 heteroatoms. The fourth-order valence-corrected chi connectivity index (χ4v) is 3.84. The SMILES string of the molecule is CCCOc1ccc(-n2c(=O)ccc3cc(C(=O)NCCN4CCCC4)[nH]c32)cc1. The first kappa shape index (κ1) is 20.2. The van der Waals surface area contributed by atoms with Gasteiger partial charge in [-0.2, -0.15) is 0 Å². The van der Waals surface area contributed by atoms with Gasteiger partial charge in [0.1, 0.15) is 17.1 Å². The number of hydrogen-bond acceptors (Lipinski definition) is 4. The van der Waals surface area contributed by atoms with Crippen LogP contribution < -0.4 is 15.6 Å². The number of likely N-dealkylation sites (tertiary alicyclic amines) is 1. The summed E-state index contributed by atoms with van der Waals surface area (Å²) in [6.07, 6.45) is 3.41. The van der Waals surface area contributed by atoms with E-state index < -0.39 is 0 Å². The summed E-state index contributed by atoms with van der Waals surface area (Å²) in [5, 5.41) is 3.78. The molecule has 0 aliphatic carbocycles. The molecule has 3 aromatic rings. The zero-order chi connectivity index (χ0) is 20.9. The van der Waals surface area contributed by atoms with Crippen molar-refractivity contribution in [2.45, 2.75) is 26.2 Å². The largest absolute Gasteiger partial charge is 0.494 e. The predicted molar refractivity (Wildman–Crippen MR) is 118 cm³/mol. The van der Waals surface area contributed by atoms with Gasteiger partial charge in [-0.25, -0.2) is 0 Å². The van der Waals surface area contributed by atoms with Gasteiger partial charge in [-0.15, -0.1) is 0 Å². The van der Waals surface area contributed by atoms with Crippen LogP contribution in [0.4, 0.5) is 0 Å². The summed E-state index contributed by atoms with van der Waals surface area (Å²) >= 11 is 0. The van der Waals surface area contributed by atoms with Crippen molar-refractivity contribution in [2.75, 3.05) is 32.8 Å². The van der Waals surface area contributed by atoms with Crippen molar-refractivity contribution in [1.29, 1.82) is 0 Å². The van der Waals surface area contributed by atoms with E-state index in [1.165, 1.54) is 18.9 Å². The van der Waals surface area contributed by atoms with E-state index in [0.717, 1.165) is 42.9 Å². The molecule has 0 bridgehead atoms. The number of fused-ring (bicyclic) bond motifs is 1. The number of aromatic nitrogens is 2. The van der Waals surface area contributed by atoms with Gasteiger partial charge < -0.3 is 19.9 Å². The first-order chi connectivity index (χ1) is 14.7. The monoisotopic (exact) mass is 408 g/mol. The fourth-order valence-electron chi connectivity index (χ4n) is 3.84. The Morgan fingerprint density at radius 1 is 1.13 bits per heavy atom. The fraction of sp³-hybridized carbons (Fsp3) is 0.391. The van der Waals surface area contributed by atoms with Crippen LogP contribution in [0.3, 0.4) is 0 Å². The minimum atomic E-state index is -0.160. The van der Waals surface area contributed by atoms with E-state index in [-0.39, 0.29) is 11.5 Å². The van der Waals surface area contributed by atoms with Gasteiger partial charge in [0.25, 0.3) is 11.5 Å². The van der Waals surface area contributed by atoms with E-state index >= 15 is 0 Å². The zero-order valence-electron chi connectivity index (χ0n) is 17.3. The van der Waals surface area contributed by atoms with Gasteiger partial charge in [0.05, 0.1) is 12.3 Å². The van der Waals surface area contributed by atoms with Gasteiger partial charge in [-0.3, -0.25) is 14.2 Å². The number of nitrogens with zero attached hydrogens (tertiary/aromatic N) is 2. The quantitative estimate of drug-likeness (QED) is 0.601. The van der Waals surface area contributed by atoms with E-state index in [1.807, 2.05) is 24.3 Å². The van der Waals surface area contributed by atoms with Crippen molar-refractivity contribution in [3.63, 3.8) is 0 Å². The maximum absolute atomic E-state index is 12.6. The summed E-state index contributed by atoms with van der Waals surface area (Å²) in [6.45, 7) is 6.40. The van der Waals surface area contributed by atoms with Crippen molar-refractivity contribution in [2.24, 2.45) is 0 Å². The molecule has 0 atom stereocenters. The van der Waals surface area contributed by atoms with Crippen molar-refractivity contribution >= 4 is 16.9 Å². The molecule has 1 aliphatic rings. The molecule has 0 unspecified atom stereocenters. The average Bonchev–Trinajstić information content (AvgIpc) is 3.42. The van der Waals surface area contributed by atoms with E-state index in [2.05, 4.69) is 22.1 Å². The van der Waals surface area contributed by atoms with Crippen LogP contribution in [0.2, 0.25) is 0 Å². The predicted octanol–water partition coefficient (Wildman–Crippen LogP) is 2.93. The number of rotatable bonds is 8. The number of ether oxygens (including phenoxy) is 1. The van der Waals surface area contributed by atoms with Crippen LogP contribution in [0.5, 0.6) is 5.75 Å². The Hall–Kier alpha value is -3.06. The molecule has 1 fully saturated rings. The Bertz CT molecular complexity index is 1060. The zero-order valence-corrected chi connectivity index (χ0v) is 17.3. The standard InChI is InChI=1S/C23H28N4O3/c1-2-15-30-19-8-6-18(7-9-19)27-21(28)10-5-17-16-20(25-22(17)27)23(29)24-11-14-26-12-3-4-13-26/h5-10,16,25H,2-4,11-15H2,1H3,(H,24,29). The molecule has 158 valence electrons. The first-order valence-corrected chi connectivity index (χ1v) is 10.6. The molecular weight excluding hydrogens is 380 g/mol. The molecule has 3 heterocycles. The minimum Gasteiger partial charge on any atom is -0.494 e. The number of pyridine rings is 1. The molecule has 1 amide bonds. The lowest BCUT2D eigenvalue weighted by molar-refractivity contribution is 0.0945. The van der Waals surface area contributed by atoms with Crippen LogP contribution >= 0.6 is 0 Å². The molecule has 2 N–H and O–H groups in total. The molecule has 4 rings (SSSR count). The van der Waals surface area contributed by atoms with Gasteiger partial charge in [0.15, 0.2) is 0 Å². The lowest BCUT2D eigenvalue weighted by Crippen LogP contribution is -2.33. The molecule has 0 saturated carbocycles. The second-order valence-electron chi connectivity index (χ2n) is 7.64. The number of carbonyl (C=O) groups excluding carboxylic acids is 1. The maximum Gasteiger partial charge on any atom is 0.267 e. The van der Waals surface area contributed by atoms with Crippen LogP contribution in [0, 0.1) is 0 Å². The summed E-state index contributed by atoms with van der Waals surface area (Å²) < 4.78 is 7.21. The summed E-state index contributed by atoms with van der Waals surface area (Å²) in [5.41, 5.74) is 1.62. The highest BCUT2D eigenvalue weighted by molar-refractivity contribution is 5.97. The number of aromatic amines is 1. The number of carbonyl (C=O) groups is 1. The summed E-state index contributed by atoms with van der Waals surface area (Å²) in [7, 11) is 0. The Morgan fingerprint density at radius 2 is 1.90 bits per heavy atom. The van der Waals surface area contributed by atoms with E-state index in [0.29, 0.717) is 24.5 Å². The van der Waals surface area contributed by atoms with Gasteiger partial charge in [-0.05, 0) is 68.8 Å². The minimum absolute atomic E-state index is 0.160. The van der Waals surface area contributed by atoms with Crippen LogP contribution in [-0.4, -0.2) is 53.1 Å². The highest BCUT2D eigenvalue weighted by Crippen LogP contribution is 2.20. The van der Waals surface area contributed by atoms with Crippen LogP contribution in [0.15, 0.2) is 47.3 Å². The lowest BCUT2D eigenvalue weighted by atomic mass is 10.2. The van der Waals surface area contributed by atoms with Crippen molar-refractivity contribution < 1.29 is 9.53 Å². The third-order valence-electron chi connectivity index (χ3n) is 5.40. The van der Waals surface area contributed by atoms with Gasteiger partial charge in [-0.1, -0.05) is 6.92 Å². The average molecular weight is 409 g/mol. The second kappa shape index (κ2) is 9.17. The second-order valence-corrected chi connectivity index (χ2v) is 7.64. The third kappa shape index (κ3) is 4.41. The molecule has 1 aromatic carbocycles. The molecule has 30 heavy (non-hydrogen) atoms. The van der Waals surface area contributed by atoms with E-state index in [4.69, 9.17) is 4.74 Å². The molecule has 0 radical (unpaired) electrons. The number of H-pyrrole nitrogens is 1. The molecule has 1 saturated heterocycles. The normalized spacial score (nSPS) is 14.3. The van der Waals surface area contributed by atoms with E-state index in [1.54, 1.807) is 16.7 Å². The number of nitrogens with one attached hydrogen (secondary N) is 2. The third-order valence-corrected chi connectivity index (χ3v) is 5.40. The Labute approximate surface area is 175 Å². The van der Waals surface area contributed by atoms with Gasteiger partial charge in [0, 0.05) is 24.5 Å². The number of amides is 1. The summed E-state index contributed by atoms with van der Waals surface area (Å²) in [4.78, 5) is 30.7. The van der Waals surface area contributed by atoms with E-state index in [9.17, 15) is 9.59 Å². The van der Waals surface area contributed by atoms with Crippen LogP contribution in [-0.2, 0) is 0 Å². The summed E-state index contributed by atoms with van der Waals surface area (Å²) in [6, 6.07) is 12.5. The Balaban J connectivity index is 1.54. The van der Waals surface area contributed by atoms with Crippen molar-refractivity contribution in [3.8, 4) is 11.4 Å². The topological polar surface area (TPSA) is 79.4 Å². The molecule has 0 spiro atoms. The molecule has 2 aromatic heterocycles. The number of benzene rings is 1. The molecule has 1 aliphatic heterocycles. The van der Waals surface area contributed by atoms with Crippen molar-refractivity contribution in [1.82, 2.24) is 19.8 Å². The highest BCUT2D eigenvalue weighted by Gasteiger charge is 2.15. The Kier molecular flexibility index (Phi) is 6.18. The lowest BCUT2D eigenvalue weighted by Gasteiger charge is -2.14. The maximum atomic E-state index is 12.6. The smallest absolute Gasteiger partial charge is 0.267 e. The molecular formula is C23H28N4O3. The molecule has 7 nitrogen and oxygen atoms in total. The first-order valence-electron chi connectivity index (χ1n) is 10.6.